The first-order valence-electron chi connectivity index (χ1n) is 7.37. The maximum atomic E-state index is 10.4. The Hall–Kier alpha value is -1.17. The van der Waals surface area contributed by atoms with E-state index in [2.05, 4.69) is 37.1 Å². The number of aromatic amines is 1. The lowest BCUT2D eigenvalue weighted by molar-refractivity contribution is 0.0950. The van der Waals surface area contributed by atoms with E-state index in [1.54, 1.807) is 0 Å². The minimum Gasteiger partial charge on any atom is -0.387 e. The number of nitrogens with zero attached hydrogens (tertiary/aromatic N) is 2. The Morgan fingerprint density at radius 2 is 2.33 bits per heavy atom. The van der Waals surface area contributed by atoms with Gasteiger partial charge < -0.3 is 5.11 Å². The van der Waals surface area contributed by atoms with Crippen molar-refractivity contribution in [2.75, 3.05) is 19.6 Å². The lowest BCUT2D eigenvalue weighted by Gasteiger charge is -2.33. The number of aliphatic hydroxyl groups excluding tert-OH is 1. The normalized spacial score (nSPS) is 21.3. The van der Waals surface area contributed by atoms with Crippen LogP contribution in [0.2, 0.25) is 0 Å². The van der Waals surface area contributed by atoms with E-state index in [1.807, 2.05) is 30.5 Å². The fourth-order valence-corrected chi connectivity index (χ4v) is 3.45. The van der Waals surface area contributed by atoms with Gasteiger partial charge >= 0.3 is 0 Å². The molecule has 1 aliphatic rings. The highest BCUT2D eigenvalue weighted by Crippen LogP contribution is 2.27. The van der Waals surface area contributed by atoms with Gasteiger partial charge in [-0.15, -0.1) is 0 Å². The molecular weight excluding hydrogens is 330 g/mol. The molecule has 0 spiro atoms. The second kappa shape index (κ2) is 6.73. The fourth-order valence-electron chi connectivity index (χ4n) is 3.03. The van der Waals surface area contributed by atoms with E-state index in [1.165, 1.54) is 12.1 Å². The number of aliphatic hydroxyl groups is 1. The molecule has 5 heteroatoms. The van der Waals surface area contributed by atoms with Crippen molar-refractivity contribution in [3.63, 3.8) is 0 Å². The molecule has 1 aromatic heterocycles. The third kappa shape index (κ3) is 3.73. The highest BCUT2D eigenvalue weighted by Gasteiger charge is 2.24. The molecular formula is C16H20BrN3O. The van der Waals surface area contributed by atoms with E-state index in [4.69, 9.17) is 0 Å². The van der Waals surface area contributed by atoms with Crippen LogP contribution in [0.4, 0.5) is 0 Å². The van der Waals surface area contributed by atoms with E-state index < -0.39 is 6.10 Å². The van der Waals surface area contributed by atoms with Gasteiger partial charge in [-0.2, -0.15) is 5.10 Å². The molecule has 2 atom stereocenters. The van der Waals surface area contributed by atoms with Crippen LogP contribution in [0.1, 0.15) is 36.1 Å². The molecule has 2 heterocycles. The highest BCUT2D eigenvalue weighted by atomic mass is 79.9. The maximum Gasteiger partial charge on any atom is 0.0917 e. The number of likely N-dealkylation sites (tertiary alicyclic amines) is 1. The van der Waals surface area contributed by atoms with E-state index in [0.717, 1.165) is 29.5 Å². The molecule has 2 unspecified atom stereocenters. The van der Waals surface area contributed by atoms with E-state index in [0.29, 0.717) is 12.5 Å². The van der Waals surface area contributed by atoms with Crippen molar-refractivity contribution >= 4 is 15.9 Å². The molecule has 112 valence electrons. The predicted octanol–water partition coefficient (Wildman–Crippen LogP) is 3.09. The van der Waals surface area contributed by atoms with Crippen LogP contribution in [0.5, 0.6) is 0 Å². The third-order valence-corrected chi connectivity index (χ3v) is 4.63. The fraction of sp³-hybridized carbons (Fsp3) is 0.438. The molecule has 0 amide bonds. The van der Waals surface area contributed by atoms with Gasteiger partial charge in [0.05, 0.1) is 6.10 Å². The summed E-state index contributed by atoms with van der Waals surface area (Å²) in [5.74, 6) is 0.496. The molecule has 1 aromatic carbocycles. The molecule has 4 nitrogen and oxygen atoms in total. The molecule has 2 aromatic rings. The van der Waals surface area contributed by atoms with Crippen molar-refractivity contribution in [3.05, 3.63) is 52.3 Å². The van der Waals surface area contributed by atoms with Gasteiger partial charge in [-0.3, -0.25) is 10.00 Å². The zero-order valence-electron chi connectivity index (χ0n) is 11.9. The standard InChI is InChI=1S/C16H20BrN3O/c17-14-5-1-3-12(9-14)16(21)11-20-8-2-4-13(10-20)15-6-7-18-19-15/h1,3,5-7,9,13,16,21H,2,4,8,10-11H2,(H,18,19). The first kappa shape index (κ1) is 14.8. The van der Waals surface area contributed by atoms with Crippen molar-refractivity contribution in [1.29, 1.82) is 0 Å². The van der Waals surface area contributed by atoms with Crippen LogP contribution in [-0.4, -0.2) is 39.8 Å². The molecule has 2 N–H and O–H groups in total. The number of nitrogens with one attached hydrogen (secondary N) is 1. The van der Waals surface area contributed by atoms with Crippen LogP contribution >= 0.6 is 15.9 Å². The number of halogens is 1. The van der Waals surface area contributed by atoms with Gasteiger partial charge in [0.1, 0.15) is 0 Å². The first-order chi connectivity index (χ1) is 10.2. The van der Waals surface area contributed by atoms with Gasteiger partial charge in [0.2, 0.25) is 0 Å². The second-order valence-corrected chi connectivity index (χ2v) is 6.60. The van der Waals surface area contributed by atoms with Gasteiger partial charge in [0.15, 0.2) is 0 Å². The van der Waals surface area contributed by atoms with Crippen LogP contribution in [0.15, 0.2) is 41.0 Å². The Balaban J connectivity index is 1.62. The number of rotatable bonds is 4. The number of aromatic nitrogens is 2. The summed E-state index contributed by atoms with van der Waals surface area (Å²) in [6, 6.07) is 9.96. The summed E-state index contributed by atoms with van der Waals surface area (Å²) in [5, 5.41) is 17.5. The Bertz CT molecular complexity index is 573. The largest absolute Gasteiger partial charge is 0.387 e. The smallest absolute Gasteiger partial charge is 0.0917 e. The number of hydrogen-bond donors (Lipinski definition) is 2. The van der Waals surface area contributed by atoms with Gasteiger partial charge in [-0.1, -0.05) is 28.1 Å². The highest BCUT2D eigenvalue weighted by molar-refractivity contribution is 9.10. The summed E-state index contributed by atoms with van der Waals surface area (Å²) < 4.78 is 1.01. The average Bonchev–Trinajstić information content (AvgIpc) is 3.02. The molecule has 1 fully saturated rings. The van der Waals surface area contributed by atoms with Crippen molar-refractivity contribution in [1.82, 2.24) is 15.1 Å². The molecule has 1 saturated heterocycles. The summed E-state index contributed by atoms with van der Waals surface area (Å²) in [4.78, 5) is 2.35. The molecule has 3 rings (SSSR count). The van der Waals surface area contributed by atoms with Crippen molar-refractivity contribution < 1.29 is 5.11 Å². The van der Waals surface area contributed by atoms with Crippen LogP contribution in [0.25, 0.3) is 0 Å². The van der Waals surface area contributed by atoms with Crippen LogP contribution in [-0.2, 0) is 0 Å². The number of β-amino-alcohol motifs (C(OH)–C–C–N with tert-alkyl or cyclic N) is 1. The monoisotopic (exact) mass is 349 g/mol. The summed E-state index contributed by atoms with van der Waals surface area (Å²) in [7, 11) is 0. The Labute approximate surface area is 133 Å². The molecule has 21 heavy (non-hydrogen) atoms. The number of piperidine rings is 1. The molecule has 0 radical (unpaired) electrons. The Kier molecular flexibility index (Phi) is 4.73. The SMILES string of the molecule is OC(CN1CCCC(c2ccn[nH]2)C1)c1cccc(Br)c1. The quantitative estimate of drug-likeness (QED) is 0.891. The minimum atomic E-state index is -0.442. The summed E-state index contributed by atoms with van der Waals surface area (Å²) in [6.45, 7) is 2.71. The van der Waals surface area contributed by atoms with Gasteiger partial charge in [-0.05, 0) is 43.1 Å². The van der Waals surface area contributed by atoms with E-state index >= 15 is 0 Å². The first-order valence-corrected chi connectivity index (χ1v) is 8.17. The topological polar surface area (TPSA) is 52.1 Å². The average molecular weight is 350 g/mol. The van der Waals surface area contributed by atoms with Crippen LogP contribution in [0, 0.1) is 0 Å². The molecule has 1 aliphatic heterocycles. The second-order valence-electron chi connectivity index (χ2n) is 5.68. The summed E-state index contributed by atoms with van der Waals surface area (Å²) in [6.07, 6.45) is 3.72. The summed E-state index contributed by atoms with van der Waals surface area (Å²) >= 11 is 3.46. The van der Waals surface area contributed by atoms with Gasteiger partial charge in [-0.25, -0.2) is 0 Å². The predicted molar refractivity (Wildman–Crippen MR) is 86.1 cm³/mol. The van der Waals surface area contributed by atoms with Crippen molar-refractivity contribution in [2.45, 2.75) is 24.9 Å². The zero-order valence-corrected chi connectivity index (χ0v) is 13.5. The number of H-pyrrole nitrogens is 1. The van der Waals surface area contributed by atoms with E-state index in [-0.39, 0.29) is 0 Å². The van der Waals surface area contributed by atoms with Gasteiger partial charge in [0.25, 0.3) is 0 Å². The third-order valence-electron chi connectivity index (χ3n) is 4.13. The Morgan fingerprint density at radius 1 is 1.43 bits per heavy atom. The lowest BCUT2D eigenvalue weighted by atomic mass is 9.94. The lowest BCUT2D eigenvalue weighted by Crippen LogP contribution is -2.37. The van der Waals surface area contributed by atoms with Gasteiger partial charge in [0, 0.05) is 35.4 Å². The van der Waals surface area contributed by atoms with E-state index in [9.17, 15) is 5.11 Å². The number of benzene rings is 1. The molecule has 0 saturated carbocycles. The molecule has 0 aliphatic carbocycles. The van der Waals surface area contributed by atoms with Crippen molar-refractivity contribution in [2.24, 2.45) is 0 Å². The molecule has 0 bridgehead atoms. The van der Waals surface area contributed by atoms with Crippen LogP contribution in [0.3, 0.4) is 0 Å². The number of hydrogen-bond acceptors (Lipinski definition) is 3. The maximum absolute atomic E-state index is 10.4. The summed E-state index contributed by atoms with van der Waals surface area (Å²) in [5.41, 5.74) is 2.17. The minimum absolute atomic E-state index is 0.442. The van der Waals surface area contributed by atoms with Crippen molar-refractivity contribution in [3.8, 4) is 0 Å². The zero-order chi connectivity index (χ0) is 14.7. The Morgan fingerprint density at radius 3 is 3.10 bits per heavy atom. The van der Waals surface area contributed by atoms with Crippen LogP contribution < -0.4 is 0 Å².